The molecule has 3 unspecified atom stereocenters. The van der Waals surface area contributed by atoms with Crippen LogP contribution in [-0.4, -0.2) is 81.6 Å². The molecule has 0 radical (unpaired) electrons. The van der Waals surface area contributed by atoms with E-state index in [1.54, 1.807) is 6.07 Å². The Hall–Kier alpha value is -4.12. The van der Waals surface area contributed by atoms with Crippen molar-refractivity contribution in [2.24, 2.45) is 17.8 Å². The van der Waals surface area contributed by atoms with Crippen LogP contribution in [-0.2, 0) is 10.0 Å². The quantitative estimate of drug-likeness (QED) is 0.155. The van der Waals surface area contributed by atoms with Crippen LogP contribution in [0.3, 0.4) is 0 Å². The van der Waals surface area contributed by atoms with Gasteiger partial charge >= 0.3 is 12.3 Å². The molecule has 1 aliphatic heterocycles. The summed E-state index contributed by atoms with van der Waals surface area (Å²) >= 11 is 6.24. The number of alkyl halides is 3. The summed E-state index contributed by atoms with van der Waals surface area (Å²) in [5, 5.41) is 16.0. The molecule has 0 aromatic carbocycles. The largest absolute Gasteiger partial charge is 0.477 e. The molecule has 5 rings (SSSR count). The first-order valence-electron chi connectivity index (χ1n) is 15.2. The third-order valence-electron chi connectivity index (χ3n) is 8.47. The Morgan fingerprint density at radius 1 is 1.15 bits per heavy atom. The van der Waals surface area contributed by atoms with Crippen molar-refractivity contribution in [2.75, 3.05) is 25.0 Å². The van der Waals surface area contributed by atoms with Gasteiger partial charge in [0.05, 0.1) is 18.1 Å². The molecule has 1 saturated heterocycles. The zero-order valence-electron chi connectivity index (χ0n) is 26.1. The molecule has 18 heteroatoms. The number of pyridine rings is 2. The van der Waals surface area contributed by atoms with Crippen molar-refractivity contribution in [3.63, 3.8) is 0 Å². The summed E-state index contributed by atoms with van der Waals surface area (Å²) in [6.07, 6.45) is -1.22. The Morgan fingerprint density at radius 3 is 2.58 bits per heavy atom. The number of likely N-dealkylation sites (tertiary alicyclic amines) is 1. The van der Waals surface area contributed by atoms with E-state index >= 15 is 0 Å². The van der Waals surface area contributed by atoms with E-state index in [0.717, 1.165) is 0 Å². The minimum absolute atomic E-state index is 0.130. The number of rotatable bonds is 13. The Kier molecular flexibility index (Phi) is 10.1. The van der Waals surface area contributed by atoms with Crippen LogP contribution in [0.2, 0.25) is 5.15 Å². The molecule has 2 aliphatic rings. The number of hydrogen-bond donors (Lipinski definition) is 3. The van der Waals surface area contributed by atoms with Crippen LogP contribution in [0.15, 0.2) is 47.6 Å². The van der Waals surface area contributed by atoms with Gasteiger partial charge < -0.3 is 20.1 Å². The SMILES string of the molecule is CC1(C)CC(CCNc2cccc(S(=O)(=O)NC(=O)c3ccc(-n4ccc(OCCCC5CC5C(F)(F)F)n4)nc3Cl)n2)CN1C(=O)O. The Balaban J connectivity index is 1.12. The van der Waals surface area contributed by atoms with Gasteiger partial charge in [-0.25, -0.2) is 24.2 Å². The minimum Gasteiger partial charge on any atom is -0.477 e. The van der Waals surface area contributed by atoms with Crippen molar-refractivity contribution in [1.29, 1.82) is 0 Å². The summed E-state index contributed by atoms with van der Waals surface area (Å²) in [6, 6.07) is 8.51. The van der Waals surface area contributed by atoms with E-state index in [1.807, 2.05) is 18.6 Å². The van der Waals surface area contributed by atoms with Gasteiger partial charge in [0, 0.05) is 30.9 Å². The first-order chi connectivity index (χ1) is 22.5. The van der Waals surface area contributed by atoms with Gasteiger partial charge in [-0.1, -0.05) is 17.7 Å². The molecule has 13 nitrogen and oxygen atoms in total. The third-order valence-corrected chi connectivity index (χ3v) is 9.99. The molecule has 3 aromatic rings. The van der Waals surface area contributed by atoms with E-state index in [4.69, 9.17) is 16.3 Å². The molecule has 0 spiro atoms. The number of nitrogens with one attached hydrogen (secondary N) is 2. The fourth-order valence-corrected chi connectivity index (χ4v) is 7.11. The number of carbonyl (C=O) groups excluding carboxylic acids is 1. The summed E-state index contributed by atoms with van der Waals surface area (Å²) in [4.78, 5) is 34.1. The van der Waals surface area contributed by atoms with Gasteiger partial charge in [0.25, 0.3) is 15.9 Å². The molecular formula is C30H35ClF3N7O6S. The van der Waals surface area contributed by atoms with Crippen molar-refractivity contribution in [3.05, 3.63) is 53.3 Å². The maximum absolute atomic E-state index is 13.0. The molecule has 3 aromatic heterocycles. The summed E-state index contributed by atoms with van der Waals surface area (Å²) in [5.41, 5.74) is -0.680. The highest BCUT2D eigenvalue weighted by Crippen LogP contribution is 2.52. The number of ether oxygens (including phenoxy) is 1. The number of aromatic nitrogens is 4. The number of sulfonamides is 1. The lowest BCUT2D eigenvalue weighted by molar-refractivity contribution is -0.151. The Morgan fingerprint density at radius 2 is 1.92 bits per heavy atom. The second-order valence-electron chi connectivity index (χ2n) is 12.5. The minimum atomic E-state index is -4.40. The van der Waals surface area contributed by atoms with Gasteiger partial charge in [-0.15, -0.1) is 5.10 Å². The van der Waals surface area contributed by atoms with E-state index in [1.165, 1.54) is 46.1 Å². The van der Waals surface area contributed by atoms with Crippen LogP contribution in [0.5, 0.6) is 5.88 Å². The molecule has 3 N–H and O–H groups in total. The van der Waals surface area contributed by atoms with Crippen LogP contribution < -0.4 is 14.8 Å². The fourth-order valence-electron chi connectivity index (χ4n) is 5.94. The third kappa shape index (κ3) is 8.47. The first kappa shape index (κ1) is 35.2. The van der Waals surface area contributed by atoms with E-state index < -0.39 is 44.7 Å². The number of nitrogens with zero attached hydrogens (tertiary/aromatic N) is 5. The van der Waals surface area contributed by atoms with Crippen LogP contribution in [0.1, 0.15) is 56.3 Å². The number of anilines is 1. The molecule has 2 fully saturated rings. The number of halogens is 4. The standard InChI is InChI=1S/C30H35ClF3N7O6S/c1-29(2)16-18(17-40(29)28(43)44)10-12-35-22-6-3-7-25(36-22)48(45,46)39-27(42)20-8-9-23(37-26(20)31)41-13-11-24(38-41)47-14-4-5-19-15-21(19)30(32,33)34/h3,6-9,11,13,18-19,21H,4-5,10,12,14-17H2,1-2H3,(H,35,36)(H,39,42)(H,43,44). The summed E-state index contributed by atoms with van der Waals surface area (Å²) in [5.74, 6) is -1.78. The average molecular weight is 714 g/mol. The molecule has 1 saturated carbocycles. The smallest absolute Gasteiger partial charge is 0.407 e. The van der Waals surface area contributed by atoms with Crippen molar-refractivity contribution in [3.8, 4) is 11.7 Å². The molecule has 1 aliphatic carbocycles. The summed E-state index contributed by atoms with van der Waals surface area (Å²) in [7, 11) is -4.40. The van der Waals surface area contributed by atoms with E-state index in [0.29, 0.717) is 38.8 Å². The van der Waals surface area contributed by atoms with Crippen LogP contribution >= 0.6 is 11.6 Å². The maximum atomic E-state index is 13.0. The van der Waals surface area contributed by atoms with Crippen molar-refractivity contribution in [1.82, 2.24) is 29.4 Å². The van der Waals surface area contributed by atoms with Crippen molar-refractivity contribution >= 4 is 39.4 Å². The molecule has 3 atom stereocenters. The summed E-state index contributed by atoms with van der Waals surface area (Å²) < 4.78 is 72.8. The van der Waals surface area contributed by atoms with E-state index in [-0.39, 0.29) is 53.1 Å². The van der Waals surface area contributed by atoms with Crippen molar-refractivity contribution in [2.45, 2.75) is 62.7 Å². The number of carboxylic acid groups (broad SMARTS) is 1. The highest BCUT2D eigenvalue weighted by atomic mass is 35.5. The van der Waals surface area contributed by atoms with Gasteiger partial charge in [-0.05, 0) is 82.1 Å². The zero-order chi connectivity index (χ0) is 34.9. The Labute approximate surface area is 279 Å². The van der Waals surface area contributed by atoms with E-state index in [2.05, 4.69) is 20.4 Å². The maximum Gasteiger partial charge on any atom is 0.407 e. The topological polar surface area (TPSA) is 169 Å². The van der Waals surface area contributed by atoms with Crippen LogP contribution in [0.4, 0.5) is 23.8 Å². The normalized spacial score (nSPS) is 20.4. The van der Waals surface area contributed by atoms with Crippen LogP contribution in [0, 0.1) is 17.8 Å². The predicted octanol–water partition coefficient (Wildman–Crippen LogP) is 5.37. The highest BCUT2D eigenvalue weighted by Gasteiger charge is 2.54. The monoisotopic (exact) mass is 713 g/mol. The lowest BCUT2D eigenvalue weighted by Crippen LogP contribution is -2.41. The fraction of sp³-hybridized carbons (Fsp3) is 0.500. The van der Waals surface area contributed by atoms with Gasteiger partial charge in [0.15, 0.2) is 10.8 Å². The second-order valence-corrected chi connectivity index (χ2v) is 14.5. The van der Waals surface area contributed by atoms with Gasteiger partial charge in [-0.2, -0.15) is 21.6 Å². The zero-order valence-corrected chi connectivity index (χ0v) is 27.6. The van der Waals surface area contributed by atoms with Crippen LogP contribution in [0.25, 0.3) is 5.82 Å². The molecule has 2 amide bonds. The molecule has 0 bridgehead atoms. The average Bonchev–Trinajstić information content (AvgIpc) is 3.53. The lowest BCUT2D eigenvalue weighted by atomic mass is 9.94. The number of hydrogen-bond acceptors (Lipinski definition) is 9. The molecular weight excluding hydrogens is 679 g/mol. The lowest BCUT2D eigenvalue weighted by Gasteiger charge is -2.28. The summed E-state index contributed by atoms with van der Waals surface area (Å²) in [6.45, 7) is 4.80. The second kappa shape index (κ2) is 13.8. The molecule has 260 valence electrons. The number of carbonyl (C=O) groups is 2. The predicted molar refractivity (Wildman–Crippen MR) is 168 cm³/mol. The van der Waals surface area contributed by atoms with Crippen molar-refractivity contribution < 1.29 is 41.0 Å². The van der Waals surface area contributed by atoms with E-state index in [9.17, 15) is 36.3 Å². The first-order valence-corrected chi connectivity index (χ1v) is 17.1. The number of amides is 2. The van der Waals surface area contributed by atoms with Gasteiger partial charge in [0.1, 0.15) is 11.0 Å². The highest BCUT2D eigenvalue weighted by molar-refractivity contribution is 7.90. The van der Waals surface area contributed by atoms with Gasteiger partial charge in [0.2, 0.25) is 5.88 Å². The molecule has 48 heavy (non-hydrogen) atoms. The molecule has 4 heterocycles. The van der Waals surface area contributed by atoms with Gasteiger partial charge in [-0.3, -0.25) is 4.79 Å². The Bertz CT molecular complexity index is 1770.